The van der Waals surface area contributed by atoms with Gasteiger partial charge in [-0.05, 0) is 33.7 Å². The van der Waals surface area contributed by atoms with Gasteiger partial charge in [-0.15, -0.1) is 11.3 Å². The van der Waals surface area contributed by atoms with Crippen LogP contribution < -0.4 is 0 Å². The molecule has 4 heteroatoms. The minimum atomic E-state index is 0.679. The number of thiophene rings is 1. The second kappa shape index (κ2) is 8.83. The number of hydrogen-bond acceptors (Lipinski definition) is 4. The molecule has 0 amide bonds. The van der Waals surface area contributed by atoms with Crippen molar-refractivity contribution in [2.45, 2.75) is 0 Å². The molecule has 6 aromatic carbocycles. The van der Waals surface area contributed by atoms with Gasteiger partial charge in [-0.2, -0.15) is 0 Å². The third-order valence-corrected chi connectivity index (χ3v) is 8.56. The van der Waals surface area contributed by atoms with Gasteiger partial charge in [0, 0.05) is 36.9 Å². The number of benzene rings is 6. The highest BCUT2D eigenvalue weighted by Gasteiger charge is 2.18. The van der Waals surface area contributed by atoms with Gasteiger partial charge in [0.05, 0.1) is 0 Å². The molecule has 0 saturated heterocycles. The summed E-state index contributed by atoms with van der Waals surface area (Å²) in [6.07, 6.45) is 0. The number of rotatable bonds is 3. The van der Waals surface area contributed by atoms with E-state index in [9.17, 15) is 0 Å². The van der Waals surface area contributed by atoms with Gasteiger partial charge in [-0.3, -0.25) is 0 Å². The molecule has 0 atom stereocenters. The normalized spacial score (nSPS) is 11.6. The minimum absolute atomic E-state index is 0.679. The van der Waals surface area contributed by atoms with E-state index in [1.807, 2.05) is 0 Å². The average Bonchev–Trinajstić information content (AvgIpc) is 3.39. The van der Waals surface area contributed by atoms with Gasteiger partial charge in [0.15, 0.2) is 17.5 Å². The Bertz CT molecular complexity index is 2090. The van der Waals surface area contributed by atoms with Crippen molar-refractivity contribution in [1.82, 2.24) is 15.0 Å². The van der Waals surface area contributed by atoms with E-state index in [1.54, 1.807) is 11.3 Å². The highest BCUT2D eigenvalue weighted by molar-refractivity contribution is 7.26. The zero-order valence-corrected chi connectivity index (χ0v) is 21.7. The standard InChI is InChI=1S/C35H21N3S/c1-3-14-24-22(10-1)12-7-18-28(24)33-36-34(29-19-8-13-23-11-2-4-15-25(23)29)38-35(37-33)30-20-9-17-27-26-16-5-6-21-31(26)39-32(27)30/h1-21H. The summed E-state index contributed by atoms with van der Waals surface area (Å²) in [4.78, 5) is 15.4. The van der Waals surface area contributed by atoms with Crippen molar-refractivity contribution in [2.24, 2.45) is 0 Å². The maximum absolute atomic E-state index is 5.13. The molecule has 0 spiro atoms. The summed E-state index contributed by atoms with van der Waals surface area (Å²) in [5.41, 5.74) is 3.03. The molecule has 0 N–H and O–H groups in total. The maximum atomic E-state index is 5.13. The second-order valence-electron chi connectivity index (χ2n) is 9.64. The molecule has 182 valence electrons. The fraction of sp³-hybridized carbons (Fsp3) is 0. The Kier molecular flexibility index (Phi) is 5.00. The van der Waals surface area contributed by atoms with E-state index in [0.717, 1.165) is 38.2 Å². The first kappa shape index (κ1) is 22.1. The van der Waals surface area contributed by atoms with Crippen LogP contribution in [-0.2, 0) is 0 Å². The van der Waals surface area contributed by atoms with Crippen molar-refractivity contribution >= 4 is 53.1 Å². The van der Waals surface area contributed by atoms with Crippen molar-refractivity contribution in [3.63, 3.8) is 0 Å². The topological polar surface area (TPSA) is 38.7 Å². The maximum Gasteiger partial charge on any atom is 0.165 e. The molecule has 0 fully saturated rings. The van der Waals surface area contributed by atoms with Gasteiger partial charge in [0.1, 0.15) is 0 Å². The van der Waals surface area contributed by atoms with Crippen molar-refractivity contribution < 1.29 is 0 Å². The SMILES string of the molecule is c1ccc2c(-c3nc(-c4cccc5ccccc45)nc(-c4cccc5c4sc4ccccc45)n3)cccc2c1. The van der Waals surface area contributed by atoms with Crippen LogP contribution in [0.1, 0.15) is 0 Å². The third-order valence-electron chi connectivity index (χ3n) is 7.34. The quantitative estimate of drug-likeness (QED) is 0.235. The summed E-state index contributed by atoms with van der Waals surface area (Å²) in [7, 11) is 0. The lowest BCUT2D eigenvalue weighted by molar-refractivity contribution is 1.08. The lowest BCUT2D eigenvalue weighted by Gasteiger charge is -2.12. The Morgan fingerprint density at radius 1 is 0.359 bits per heavy atom. The lowest BCUT2D eigenvalue weighted by atomic mass is 10.0. The molecule has 8 aromatic rings. The van der Waals surface area contributed by atoms with E-state index in [0.29, 0.717) is 17.5 Å². The van der Waals surface area contributed by atoms with E-state index in [2.05, 4.69) is 127 Å². The highest BCUT2D eigenvalue weighted by Crippen LogP contribution is 2.40. The van der Waals surface area contributed by atoms with Gasteiger partial charge < -0.3 is 0 Å². The summed E-state index contributed by atoms with van der Waals surface area (Å²) < 4.78 is 2.45. The molecule has 8 rings (SSSR count). The van der Waals surface area contributed by atoms with Crippen LogP contribution in [0.3, 0.4) is 0 Å². The molecule has 0 aliphatic carbocycles. The van der Waals surface area contributed by atoms with Crippen LogP contribution in [0.25, 0.3) is 75.9 Å². The Balaban J connectivity index is 1.45. The van der Waals surface area contributed by atoms with E-state index >= 15 is 0 Å². The van der Waals surface area contributed by atoms with E-state index in [1.165, 1.54) is 20.2 Å². The fourth-order valence-corrected chi connectivity index (χ4v) is 6.71. The second-order valence-corrected chi connectivity index (χ2v) is 10.7. The van der Waals surface area contributed by atoms with Crippen LogP contribution in [0.2, 0.25) is 0 Å². The largest absolute Gasteiger partial charge is 0.208 e. The molecule has 0 radical (unpaired) electrons. The summed E-state index contributed by atoms with van der Waals surface area (Å²) in [6, 6.07) is 44.4. The van der Waals surface area contributed by atoms with Crippen LogP contribution in [0.5, 0.6) is 0 Å². The van der Waals surface area contributed by atoms with E-state index in [4.69, 9.17) is 15.0 Å². The first-order chi connectivity index (χ1) is 19.3. The molecule has 0 bridgehead atoms. The first-order valence-corrected chi connectivity index (χ1v) is 13.8. The molecule has 0 aliphatic rings. The van der Waals surface area contributed by atoms with Gasteiger partial charge >= 0.3 is 0 Å². The number of nitrogens with zero attached hydrogens (tertiary/aromatic N) is 3. The molecule has 0 aliphatic heterocycles. The minimum Gasteiger partial charge on any atom is -0.208 e. The Morgan fingerprint density at radius 2 is 0.795 bits per heavy atom. The van der Waals surface area contributed by atoms with Gasteiger partial charge in [0.2, 0.25) is 0 Å². The summed E-state index contributed by atoms with van der Waals surface area (Å²) in [5, 5.41) is 7.07. The molecule has 39 heavy (non-hydrogen) atoms. The third kappa shape index (κ3) is 3.61. The van der Waals surface area contributed by atoms with Crippen molar-refractivity contribution in [1.29, 1.82) is 0 Å². The molecule has 2 aromatic heterocycles. The first-order valence-electron chi connectivity index (χ1n) is 13.0. The molecule has 2 heterocycles. The Morgan fingerprint density at radius 3 is 1.44 bits per heavy atom. The van der Waals surface area contributed by atoms with Gasteiger partial charge in [-0.25, -0.2) is 15.0 Å². The average molecular weight is 516 g/mol. The van der Waals surface area contributed by atoms with Crippen LogP contribution in [-0.4, -0.2) is 15.0 Å². The predicted octanol–water partition coefficient (Wildman–Crippen LogP) is 9.55. The number of aromatic nitrogens is 3. The summed E-state index contributed by atoms with van der Waals surface area (Å²) in [5.74, 6) is 2.05. The zero-order valence-electron chi connectivity index (χ0n) is 20.9. The Labute approximate surface area is 229 Å². The molecular weight excluding hydrogens is 494 g/mol. The number of fused-ring (bicyclic) bond motifs is 5. The van der Waals surface area contributed by atoms with Crippen LogP contribution in [0.15, 0.2) is 127 Å². The van der Waals surface area contributed by atoms with Gasteiger partial charge in [-0.1, -0.05) is 115 Å². The van der Waals surface area contributed by atoms with Crippen LogP contribution in [0.4, 0.5) is 0 Å². The van der Waals surface area contributed by atoms with E-state index < -0.39 is 0 Å². The lowest BCUT2D eigenvalue weighted by Crippen LogP contribution is -2.01. The van der Waals surface area contributed by atoms with Gasteiger partial charge in [0.25, 0.3) is 0 Å². The predicted molar refractivity (Wildman–Crippen MR) is 164 cm³/mol. The highest BCUT2D eigenvalue weighted by atomic mass is 32.1. The monoisotopic (exact) mass is 515 g/mol. The summed E-state index contributed by atoms with van der Waals surface area (Å²) in [6.45, 7) is 0. The molecule has 0 saturated carbocycles. The van der Waals surface area contributed by atoms with Crippen molar-refractivity contribution in [3.8, 4) is 34.2 Å². The molecule has 3 nitrogen and oxygen atoms in total. The smallest absolute Gasteiger partial charge is 0.165 e. The van der Waals surface area contributed by atoms with Crippen molar-refractivity contribution in [3.05, 3.63) is 127 Å². The fourth-order valence-electron chi connectivity index (χ4n) is 5.50. The summed E-state index contributed by atoms with van der Waals surface area (Å²) >= 11 is 1.79. The zero-order chi connectivity index (χ0) is 25.8. The van der Waals surface area contributed by atoms with E-state index in [-0.39, 0.29) is 0 Å². The van der Waals surface area contributed by atoms with Crippen LogP contribution in [0, 0.1) is 0 Å². The molecule has 0 unspecified atom stereocenters. The molecular formula is C35H21N3S. The van der Waals surface area contributed by atoms with Crippen molar-refractivity contribution in [2.75, 3.05) is 0 Å². The van der Waals surface area contributed by atoms with Crippen LogP contribution >= 0.6 is 11.3 Å². The Hall–Kier alpha value is -4.93. The number of hydrogen-bond donors (Lipinski definition) is 0.